The van der Waals surface area contributed by atoms with Crippen molar-refractivity contribution >= 4 is 9.84 Å². The Balaban J connectivity index is 2.51. The quantitative estimate of drug-likeness (QED) is 0.788. The molecule has 0 saturated heterocycles. The van der Waals surface area contributed by atoms with E-state index in [0.717, 1.165) is 22.5 Å². The summed E-state index contributed by atoms with van der Waals surface area (Å²) in [6, 6.07) is 5.83. The highest BCUT2D eigenvalue weighted by Gasteiger charge is 2.20. The zero-order valence-electron chi connectivity index (χ0n) is 15.3. The van der Waals surface area contributed by atoms with Gasteiger partial charge < -0.3 is 4.74 Å². The zero-order chi connectivity index (χ0) is 18.8. The second kappa shape index (κ2) is 7.28. The van der Waals surface area contributed by atoms with Gasteiger partial charge in [0.25, 0.3) is 0 Å². The molecule has 0 radical (unpaired) electrons. The SMILES string of the molecule is CCc1nn(CS(C)(=O)=O)c(CC)c1Oc1cc(C)c(C#N)c(C)c1. The smallest absolute Gasteiger partial charge is 0.171 e. The molecule has 6 nitrogen and oxygen atoms in total. The molecule has 134 valence electrons. The van der Waals surface area contributed by atoms with Gasteiger partial charge in [0.15, 0.2) is 15.6 Å². The normalized spacial score (nSPS) is 11.4. The second-order valence-corrected chi connectivity index (χ2v) is 8.24. The van der Waals surface area contributed by atoms with Crippen LogP contribution in [0.5, 0.6) is 11.5 Å². The molecule has 0 aliphatic rings. The predicted molar refractivity (Wildman–Crippen MR) is 96.5 cm³/mol. The third-order valence-electron chi connectivity index (χ3n) is 3.94. The van der Waals surface area contributed by atoms with E-state index >= 15 is 0 Å². The fourth-order valence-electron chi connectivity index (χ4n) is 2.83. The first-order chi connectivity index (χ1) is 11.7. The number of hydrogen-bond donors (Lipinski definition) is 0. The number of hydrogen-bond acceptors (Lipinski definition) is 5. The summed E-state index contributed by atoms with van der Waals surface area (Å²) in [4.78, 5) is 0. The van der Waals surface area contributed by atoms with Gasteiger partial charge in [-0.2, -0.15) is 10.4 Å². The van der Waals surface area contributed by atoms with Gasteiger partial charge in [-0.3, -0.25) is 4.68 Å². The Labute approximate surface area is 149 Å². The minimum atomic E-state index is -3.21. The lowest BCUT2D eigenvalue weighted by molar-refractivity contribution is 0.468. The Morgan fingerprint density at radius 3 is 2.24 bits per heavy atom. The third-order valence-corrected chi connectivity index (χ3v) is 4.66. The van der Waals surface area contributed by atoms with Crippen LogP contribution >= 0.6 is 0 Å². The fraction of sp³-hybridized carbons (Fsp3) is 0.444. The first-order valence-electron chi connectivity index (χ1n) is 8.15. The van der Waals surface area contributed by atoms with Crippen LogP contribution in [0.25, 0.3) is 0 Å². The maximum atomic E-state index is 11.7. The number of ether oxygens (including phenoxy) is 1. The van der Waals surface area contributed by atoms with E-state index in [1.807, 2.05) is 39.8 Å². The van der Waals surface area contributed by atoms with Gasteiger partial charge in [0.05, 0.1) is 17.3 Å². The molecular formula is C18H23N3O3S. The average Bonchev–Trinajstić information content (AvgIpc) is 2.81. The minimum Gasteiger partial charge on any atom is -0.453 e. The van der Waals surface area contributed by atoms with Gasteiger partial charge in [-0.05, 0) is 49.9 Å². The number of nitriles is 1. The van der Waals surface area contributed by atoms with E-state index in [-0.39, 0.29) is 5.88 Å². The van der Waals surface area contributed by atoms with Crippen LogP contribution in [-0.2, 0) is 28.6 Å². The van der Waals surface area contributed by atoms with E-state index in [2.05, 4.69) is 11.2 Å². The molecule has 0 spiro atoms. The molecule has 7 heteroatoms. The summed E-state index contributed by atoms with van der Waals surface area (Å²) in [7, 11) is -3.21. The lowest BCUT2D eigenvalue weighted by Gasteiger charge is -2.11. The minimum absolute atomic E-state index is 0.169. The summed E-state index contributed by atoms with van der Waals surface area (Å²) in [5.74, 6) is 1.06. The van der Waals surface area contributed by atoms with Crippen molar-refractivity contribution in [3.8, 4) is 17.6 Å². The Kier molecular flexibility index (Phi) is 5.53. The van der Waals surface area contributed by atoms with Crippen LogP contribution in [0.4, 0.5) is 0 Å². The standard InChI is InChI=1S/C18H23N3O3S/c1-6-16-18(17(7-2)21(20-16)11-25(5,22)23)24-14-8-12(3)15(10-19)13(4)9-14/h8-9H,6-7,11H2,1-5H3. The largest absolute Gasteiger partial charge is 0.453 e. The van der Waals surface area contributed by atoms with Crippen molar-refractivity contribution < 1.29 is 13.2 Å². The van der Waals surface area contributed by atoms with Crippen LogP contribution in [0.15, 0.2) is 12.1 Å². The number of sulfone groups is 1. The summed E-state index contributed by atoms with van der Waals surface area (Å²) < 4.78 is 30.9. The molecule has 2 aromatic rings. The van der Waals surface area contributed by atoms with Gasteiger partial charge in [-0.1, -0.05) is 13.8 Å². The number of nitrogens with zero attached hydrogens (tertiary/aromatic N) is 3. The van der Waals surface area contributed by atoms with E-state index in [9.17, 15) is 13.7 Å². The van der Waals surface area contributed by atoms with E-state index in [1.165, 1.54) is 10.9 Å². The Morgan fingerprint density at radius 1 is 1.20 bits per heavy atom. The number of rotatable bonds is 6. The summed E-state index contributed by atoms with van der Waals surface area (Å²) in [5.41, 5.74) is 3.81. The van der Waals surface area contributed by atoms with Gasteiger partial charge in [0.2, 0.25) is 0 Å². The van der Waals surface area contributed by atoms with Gasteiger partial charge in [-0.15, -0.1) is 0 Å². The molecule has 1 heterocycles. The first-order valence-corrected chi connectivity index (χ1v) is 10.2. The van der Waals surface area contributed by atoms with Crippen LogP contribution < -0.4 is 4.74 Å². The highest BCUT2D eigenvalue weighted by Crippen LogP contribution is 2.32. The molecule has 0 atom stereocenters. The van der Waals surface area contributed by atoms with Gasteiger partial charge in [0.1, 0.15) is 17.3 Å². The Bertz CT molecular complexity index is 914. The summed E-state index contributed by atoms with van der Waals surface area (Å²) in [5, 5.41) is 13.6. The predicted octanol–water partition coefficient (Wildman–Crippen LogP) is 3.29. The Morgan fingerprint density at radius 2 is 1.80 bits per heavy atom. The molecule has 1 aromatic heterocycles. The molecule has 0 aliphatic heterocycles. The first kappa shape index (κ1) is 19.0. The number of aryl methyl sites for hydroxylation is 3. The van der Waals surface area contributed by atoms with Crippen molar-refractivity contribution in [1.29, 1.82) is 5.26 Å². The monoisotopic (exact) mass is 361 g/mol. The van der Waals surface area contributed by atoms with Crippen molar-refractivity contribution in [2.45, 2.75) is 46.4 Å². The highest BCUT2D eigenvalue weighted by molar-refractivity contribution is 7.89. The van der Waals surface area contributed by atoms with Crippen LogP contribution in [-0.4, -0.2) is 24.5 Å². The van der Waals surface area contributed by atoms with Gasteiger partial charge in [-0.25, -0.2) is 8.42 Å². The number of aromatic nitrogens is 2. The maximum absolute atomic E-state index is 11.7. The lowest BCUT2D eigenvalue weighted by Crippen LogP contribution is -2.13. The number of benzene rings is 1. The van der Waals surface area contributed by atoms with Crippen molar-refractivity contribution in [2.24, 2.45) is 0 Å². The lowest BCUT2D eigenvalue weighted by atomic mass is 10.0. The summed E-state index contributed by atoms with van der Waals surface area (Å²) in [6.45, 7) is 7.63. The van der Waals surface area contributed by atoms with Crippen LogP contribution in [0.2, 0.25) is 0 Å². The molecular weight excluding hydrogens is 338 g/mol. The third kappa shape index (κ3) is 4.20. The topological polar surface area (TPSA) is 85.0 Å². The van der Waals surface area contributed by atoms with Gasteiger partial charge in [0, 0.05) is 6.26 Å². The molecule has 0 N–H and O–H groups in total. The van der Waals surface area contributed by atoms with E-state index in [1.54, 1.807) is 0 Å². The van der Waals surface area contributed by atoms with Crippen LogP contribution in [0, 0.1) is 25.2 Å². The highest BCUT2D eigenvalue weighted by atomic mass is 32.2. The molecule has 0 fully saturated rings. The van der Waals surface area contributed by atoms with Crippen molar-refractivity contribution in [3.05, 3.63) is 40.2 Å². The van der Waals surface area contributed by atoms with Crippen LogP contribution in [0.1, 0.15) is 41.9 Å². The van der Waals surface area contributed by atoms with E-state index in [0.29, 0.717) is 29.9 Å². The summed E-state index contributed by atoms with van der Waals surface area (Å²) in [6.07, 6.45) is 2.42. The zero-order valence-corrected chi connectivity index (χ0v) is 16.1. The molecule has 0 bridgehead atoms. The molecule has 0 unspecified atom stereocenters. The maximum Gasteiger partial charge on any atom is 0.171 e. The molecule has 1 aromatic carbocycles. The van der Waals surface area contributed by atoms with Crippen molar-refractivity contribution in [1.82, 2.24) is 9.78 Å². The molecule has 0 saturated carbocycles. The van der Waals surface area contributed by atoms with Crippen molar-refractivity contribution in [2.75, 3.05) is 6.26 Å². The van der Waals surface area contributed by atoms with Crippen molar-refractivity contribution in [3.63, 3.8) is 0 Å². The van der Waals surface area contributed by atoms with Gasteiger partial charge >= 0.3 is 0 Å². The average molecular weight is 361 g/mol. The van der Waals surface area contributed by atoms with E-state index in [4.69, 9.17) is 4.74 Å². The molecule has 0 aliphatic carbocycles. The molecule has 0 amide bonds. The van der Waals surface area contributed by atoms with E-state index < -0.39 is 9.84 Å². The second-order valence-electron chi connectivity index (χ2n) is 6.13. The molecule has 25 heavy (non-hydrogen) atoms. The summed E-state index contributed by atoms with van der Waals surface area (Å²) >= 11 is 0. The molecule has 2 rings (SSSR count). The van der Waals surface area contributed by atoms with Crippen LogP contribution in [0.3, 0.4) is 0 Å². The fourth-order valence-corrected chi connectivity index (χ4v) is 3.49. The Hall–Kier alpha value is -2.33.